The molecule has 0 atom stereocenters. The molecule has 0 spiro atoms. The van der Waals surface area contributed by atoms with Gasteiger partial charge < -0.3 is 4.90 Å². The fraction of sp³-hybridized carbons (Fsp3) is 0.417. The van der Waals surface area contributed by atoms with Gasteiger partial charge in [0.2, 0.25) is 0 Å². The number of anilines is 1. The molecule has 1 fully saturated rings. The van der Waals surface area contributed by atoms with Crippen LogP contribution >= 0.6 is 11.6 Å². The predicted molar refractivity (Wildman–Crippen MR) is 69.8 cm³/mol. The first-order chi connectivity index (χ1) is 8.81. The molecule has 1 aromatic carbocycles. The molecule has 1 aliphatic rings. The number of halogens is 1. The highest BCUT2D eigenvalue weighted by atomic mass is 35.5. The van der Waals surface area contributed by atoms with E-state index in [0.717, 1.165) is 29.6 Å². The second-order valence-electron chi connectivity index (χ2n) is 4.44. The fourth-order valence-electron chi connectivity index (χ4n) is 2.10. The SMILES string of the molecule is Clc1ccc(Cn2nnc(N3CCCC3)n2)cc1. The monoisotopic (exact) mass is 263 g/mol. The van der Waals surface area contributed by atoms with Gasteiger partial charge in [-0.05, 0) is 35.8 Å². The summed E-state index contributed by atoms with van der Waals surface area (Å²) in [6.07, 6.45) is 2.43. The van der Waals surface area contributed by atoms with E-state index in [-0.39, 0.29) is 0 Å². The van der Waals surface area contributed by atoms with E-state index in [1.54, 1.807) is 4.80 Å². The number of rotatable bonds is 3. The highest BCUT2D eigenvalue weighted by Gasteiger charge is 2.16. The number of tetrazole rings is 1. The summed E-state index contributed by atoms with van der Waals surface area (Å²) in [7, 11) is 0. The Balaban J connectivity index is 1.71. The number of benzene rings is 1. The van der Waals surface area contributed by atoms with Crippen LogP contribution in [0.3, 0.4) is 0 Å². The van der Waals surface area contributed by atoms with E-state index >= 15 is 0 Å². The second-order valence-corrected chi connectivity index (χ2v) is 4.88. The van der Waals surface area contributed by atoms with E-state index in [1.807, 2.05) is 24.3 Å². The van der Waals surface area contributed by atoms with Crippen LogP contribution in [0.25, 0.3) is 0 Å². The van der Waals surface area contributed by atoms with Gasteiger partial charge in [-0.3, -0.25) is 0 Å². The number of hydrogen-bond acceptors (Lipinski definition) is 4. The highest BCUT2D eigenvalue weighted by Crippen LogP contribution is 2.14. The van der Waals surface area contributed by atoms with E-state index in [1.165, 1.54) is 12.8 Å². The molecule has 5 nitrogen and oxygen atoms in total. The summed E-state index contributed by atoms with van der Waals surface area (Å²) in [4.78, 5) is 3.79. The third kappa shape index (κ3) is 2.46. The Morgan fingerprint density at radius 1 is 1.11 bits per heavy atom. The molecule has 2 aromatic rings. The molecule has 6 heteroatoms. The minimum Gasteiger partial charge on any atom is -0.338 e. The van der Waals surface area contributed by atoms with Crippen LogP contribution in [-0.2, 0) is 6.54 Å². The van der Waals surface area contributed by atoms with Crippen molar-refractivity contribution in [2.75, 3.05) is 18.0 Å². The molecule has 0 radical (unpaired) electrons. The van der Waals surface area contributed by atoms with Crippen LogP contribution in [0.1, 0.15) is 18.4 Å². The summed E-state index contributed by atoms with van der Waals surface area (Å²) < 4.78 is 0. The van der Waals surface area contributed by atoms with E-state index in [0.29, 0.717) is 6.54 Å². The Hall–Kier alpha value is -1.62. The molecule has 0 unspecified atom stereocenters. The van der Waals surface area contributed by atoms with Crippen molar-refractivity contribution >= 4 is 17.5 Å². The first kappa shape index (κ1) is 11.5. The Kier molecular flexibility index (Phi) is 3.15. The van der Waals surface area contributed by atoms with Crippen molar-refractivity contribution in [3.8, 4) is 0 Å². The zero-order valence-corrected chi connectivity index (χ0v) is 10.7. The van der Waals surface area contributed by atoms with Crippen molar-refractivity contribution < 1.29 is 0 Å². The molecular weight excluding hydrogens is 250 g/mol. The number of hydrogen-bond donors (Lipinski definition) is 0. The molecule has 0 bridgehead atoms. The molecule has 1 saturated heterocycles. The van der Waals surface area contributed by atoms with Crippen LogP contribution in [0.5, 0.6) is 0 Å². The van der Waals surface area contributed by atoms with E-state index in [9.17, 15) is 0 Å². The molecule has 1 aliphatic heterocycles. The summed E-state index contributed by atoms with van der Waals surface area (Å²) in [5, 5.41) is 13.3. The normalized spacial score (nSPS) is 15.3. The molecule has 0 amide bonds. The molecule has 0 saturated carbocycles. The molecule has 0 aliphatic carbocycles. The Morgan fingerprint density at radius 2 is 1.83 bits per heavy atom. The van der Waals surface area contributed by atoms with Crippen molar-refractivity contribution in [3.63, 3.8) is 0 Å². The quantitative estimate of drug-likeness (QED) is 0.850. The van der Waals surface area contributed by atoms with Gasteiger partial charge in [0, 0.05) is 18.1 Å². The molecule has 3 rings (SSSR count). The lowest BCUT2D eigenvalue weighted by atomic mass is 10.2. The maximum absolute atomic E-state index is 5.85. The molecular formula is C12H14ClN5. The van der Waals surface area contributed by atoms with Gasteiger partial charge in [0.15, 0.2) is 0 Å². The van der Waals surface area contributed by atoms with Crippen LogP contribution in [0, 0.1) is 0 Å². The van der Waals surface area contributed by atoms with Gasteiger partial charge in [-0.2, -0.15) is 4.80 Å². The minimum absolute atomic E-state index is 0.623. The molecule has 2 heterocycles. The number of nitrogens with zero attached hydrogens (tertiary/aromatic N) is 5. The molecule has 94 valence electrons. The van der Waals surface area contributed by atoms with Gasteiger partial charge in [0.1, 0.15) is 0 Å². The zero-order valence-electron chi connectivity index (χ0n) is 9.96. The van der Waals surface area contributed by atoms with Crippen molar-refractivity contribution in [3.05, 3.63) is 34.9 Å². The summed E-state index contributed by atoms with van der Waals surface area (Å²) in [5.74, 6) is 0.737. The van der Waals surface area contributed by atoms with Gasteiger partial charge in [-0.25, -0.2) is 0 Å². The summed E-state index contributed by atoms with van der Waals surface area (Å²) in [5.41, 5.74) is 1.12. The smallest absolute Gasteiger partial charge is 0.266 e. The van der Waals surface area contributed by atoms with Crippen LogP contribution in [0.15, 0.2) is 24.3 Å². The van der Waals surface area contributed by atoms with Crippen LogP contribution in [0.2, 0.25) is 5.02 Å². The third-order valence-electron chi connectivity index (χ3n) is 3.07. The van der Waals surface area contributed by atoms with Gasteiger partial charge in [-0.1, -0.05) is 28.8 Å². The third-order valence-corrected chi connectivity index (χ3v) is 3.32. The lowest BCUT2D eigenvalue weighted by molar-refractivity contribution is 0.572. The Morgan fingerprint density at radius 3 is 2.56 bits per heavy atom. The second kappa shape index (κ2) is 4.94. The van der Waals surface area contributed by atoms with Crippen molar-refractivity contribution in [2.45, 2.75) is 19.4 Å². The van der Waals surface area contributed by atoms with E-state index in [4.69, 9.17) is 11.6 Å². The maximum atomic E-state index is 5.85. The van der Waals surface area contributed by atoms with Gasteiger partial charge in [0.05, 0.1) is 6.54 Å². The summed E-state index contributed by atoms with van der Waals surface area (Å²) in [6, 6.07) is 7.69. The number of aromatic nitrogens is 4. The van der Waals surface area contributed by atoms with Crippen LogP contribution in [-0.4, -0.2) is 33.3 Å². The zero-order chi connectivity index (χ0) is 12.4. The van der Waals surface area contributed by atoms with Gasteiger partial charge in [-0.15, -0.1) is 5.10 Å². The van der Waals surface area contributed by atoms with Crippen molar-refractivity contribution in [1.82, 2.24) is 20.2 Å². The van der Waals surface area contributed by atoms with Gasteiger partial charge >= 0.3 is 0 Å². The predicted octanol–water partition coefficient (Wildman–Crippen LogP) is 1.97. The standard InChI is InChI=1S/C12H14ClN5/c13-11-5-3-10(4-6-11)9-18-15-12(14-16-18)17-7-1-2-8-17/h3-6H,1-2,7-9H2. The van der Waals surface area contributed by atoms with E-state index in [2.05, 4.69) is 20.3 Å². The molecule has 1 aromatic heterocycles. The largest absolute Gasteiger partial charge is 0.338 e. The Labute approximate surface area is 110 Å². The fourth-order valence-corrected chi connectivity index (χ4v) is 2.22. The Bertz CT molecular complexity index is 516. The van der Waals surface area contributed by atoms with E-state index < -0.39 is 0 Å². The lowest BCUT2D eigenvalue weighted by Gasteiger charge is -2.09. The molecule has 0 N–H and O–H groups in total. The summed E-state index contributed by atoms with van der Waals surface area (Å²) in [6.45, 7) is 2.69. The first-order valence-corrected chi connectivity index (χ1v) is 6.46. The molecule has 18 heavy (non-hydrogen) atoms. The van der Waals surface area contributed by atoms with Crippen LogP contribution in [0.4, 0.5) is 5.95 Å². The summed E-state index contributed by atoms with van der Waals surface area (Å²) >= 11 is 5.85. The average Bonchev–Trinajstić information content (AvgIpc) is 3.02. The highest BCUT2D eigenvalue weighted by molar-refractivity contribution is 6.30. The van der Waals surface area contributed by atoms with Crippen molar-refractivity contribution in [2.24, 2.45) is 0 Å². The van der Waals surface area contributed by atoms with Crippen molar-refractivity contribution in [1.29, 1.82) is 0 Å². The topological polar surface area (TPSA) is 46.8 Å². The first-order valence-electron chi connectivity index (χ1n) is 6.08. The lowest BCUT2D eigenvalue weighted by Crippen LogP contribution is -2.19. The maximum Gasteiger partial charge on any atom is 0.266 e. The van der Waals surface area contributed by atoms with Crippen LogP contribution < -0.4 is 4.90 Å². The van der Waals surface area contributed by atoms with Gasteiger partial charge in [0.25, 0.3) is 5.95 Å². The average molecular weight is 264 g/mol. The minimum atomic E-state index is 0.623.